The van der Waals surface area contributed by atoms with Crippen molar-refractivity contribution in [2.24, 2.45) is 7.05 Å². The third-order valence-electron chi connectivity index (χ3n) is 2.18. The lowest BCUT2D eigenvalue weighted by Gasteiger charge is -2.01. The molecule has 0 bridgehead atoms. The fourth-order valence-electron chi connectivity index (χ4n) is 1.32. The molecule has 2 rings (SSSR count). The molecule has 0 saturated heterocycles. The van der Waals surface area contributed by atoms with E-state index in [1.54, 1.807) is 41.1 Å². The summed E-state index contributed by atoms with van der Waals surface area (Å²) in [5.41, 5.74) is 0.0186. The Bertz CT molecular complexity index is 451. The van der Waals surface area contributed by atoms with E-state index in [1.165, 1.54) is 0 Å². The Labute approximate surface area is 81.2 Å². The van der Waals surface area contributed by atoms with Crippen LogP contribution < -0.4 is 5.69 Å². The Hall–Kier alpha value is -1.78. The second-order valence-corrected chi connectivity index (χ2v) is 3.19. The summed E-state index contributed by atoms with van der Waals surface area (Å²) in [6.07, 6.45) is 8.91. The van der Waals surface area contributed by atoms with Crippen molar-refractivity contribution in [2.45, 2.75) is 13.1 Å². The Morgan fingerprint density at radius 2 is 2.14 bits per heavy atom. The van der Waals surface area contributed by atoms with E-state index >= 15 is 0 Å². The molecular weight excluding hydrogens is 180 g/mol. The minimum absolute atomic E-state index is 0.0186. The molecule has 2 aromatic heterocycles. The summed E-state index contributed by atoms with van der Waals surface area (Å²) in [6.45, 7) is 1.44. The highest BCUT2D eigenvalue weighted by Gasteiger charge is 1.98. The van der Waals surface area contributed by atoms with Crippen molar-refractivity contribution >= 4 is 0 Å². The van der Waals surface area contributed by atoms with Crippen LogP contribution in [-0.2, 0) is 20.1 Å². The quantitative estimate of drug-likeness (QED) is 0.691. The molecule has 0 atom stereocenters. The lowest BCUT2D eigenvalue weighted by Crippen LogP contribution is -2.23. The summed E-state index contributed by atoms with van der Waals surface area (Å²) in [4.78, 5) is 15.4. The maximum absolute atomic E-state index is 11.4. The first-order valence-corrected chi connectivity index (χ1v) is 4.45. The van der Waals surface area contributed by atoms with Gasteiger partial charge in [-0.05, 0) is 0 Å². The zero-order valence-corrected chi connectivity index (χ0v) is 8.00. The van der Waals surface area contributed by atoms with Crippen LogP contribution in [0.3, 0.4) is 0 Å². The van der Waals surface area contributed by atoms with E-state index in [0.29, 0.717) is 6.54 Å². The molecule has 5 heteroatoms. The van der Waals surface area contributed by atoms with Gasteiger partial charge in [-0.3, -0.25) is 4.57 Å². The van der Waals surface area contributed by atoms with Crippen molar-refractivity contribution in [1.29, 1.82) is 0 Å². The summed E-state index contributed by atoms with van der Waals surface area (Å²) >= 11 is 0. The number of hydrogen-bond acceptors (Lipinski definition) is 2. The summed E-state index contributed by atoms with van der Waals surface area (Å²) in [6, 6.07) is 0. The Morgan fingerprint density at radius 3 is 2.71 bits per heavy atom. The molecule has 0 saturated carbocycles. The van der Waals surface area contributed by atoms with Crippen LogP contribution >= 0.6 is 0 Å². The molecule has 0 aliphatic carbocycles. The summed E-state index contributed by atoms with van der Waals surface area (Å²) in [7, 11) is 1.75. The van der Waals surface area contributed by atoms with Crippen LogP contribution in [0.25, 0.3) is 0 Å². The minimum atomic E-state index is 0.0186. The molecule has 0 unspecified atom stereocenters. The van der Waals surface area contributed by atoms with Crippen molar-refractivity contribution in [3.8, 4) is 0 Å². The average Bonchev–Trinajstić information content (AvgIpc) is 2.77. The molecule has 14 heavy (non-hydrogen) atoms. The van der Waals surface area contributed by atoms with Gasteiger partial charge >= 0.3 is 5.69 Å². The standard InChI is InChI=1S/C9H12N4O/c1-11-4-6-13(9(11)14)7-5-12-3-2-10-8-12/h2-4,6,8H,5,7H2,1H3. The van der Waals surface area contributed by atoms with E-state index in [1.807, 2.05) is 10.8 Å². The summed E-state index contributed by atoms with van der Waals surface area (Å²) < 4.78 is 5.19. The van der Waals surface area contributed by atoms with Crippen LogP contribution in [-0.4, -0.2) is 18.7 Å². The smallest absolute Gasteiger partial charge is 0.327 e. The highest BCUT2D eigenvalue weighted by molar-refractivity contribution is 4.80. The molecule has 0 spiro atoms. The third-order valence-corrected chi connectivity index (χ3v) is 2.18. The number of aromatic nitrogens is 4. The second kappa shape index (κ2) is 3.53. The number of rotatable bonds is 3. The van der Waals surface area contributed by atoms with Gasteiger partial charge in [-0.1, -0.05) is 0 Å². The first-order chi connectivity index (χ1) is 6.77. The zero-order valence-electron chi connectivity index (χ0n) is 8.00. The maximum Gasteiger partial charge on any atom is 0.327 e. The van der Waals surface area contributed by atoms with Crippen LogP contribution in [0.1, 0.15) is 0 Å². The molecule has 2 aromatic rings. The molecule has 0 radical (unpaired) electrons. The summed E-state index contributed by atoms with van der Waals surface area (Å²) in [5.74, 6) is 0. The molecule has 74 valence electrons. The molecule has 2 heterocycles. The molecule has 0 aliphatic rings. The molecule has 0 aliphatic heterocycles. The van der Waals surface area contributed by atoms with Crippen molar-refractivity contribution < 1.29 is 0 Å². The van der Waals surface area contributed by atoms with E-state index in [9.17, 15) is 4.79 Å². The highest BCUT2D eigenvalue weighted by atomic mass is 16.1. The highest BCUT2D eigenvalue weighted by Crippen LogP contribution is 1.89. The molecular formula is C9H12N4O. The Morgan fingerprint density at radius 1 is 1.29 bits per heavy atom. The maximum atomic E-state index is 11.4. The number of hydrogen-bond donors (Lipinski definition) is 0. The zero-order chi connectivity index (χ0) is 9.97. The molecule has 0 fully saturated rings. The van der Waals surface area contributed by atoms with E-state index < -0.39 is 0 Å². The van der Waals surface area contributed by atoms with Gasteiger partial charge in [0.15, 0.2) is 0 Å². The lowest BCUT2D eigenvalue weighted by molar-refractivity contribution is 0.558. The first kappa shape index (κ1) is 8.80. The second-order valence-electron chi connectivity index (χ2n) is 3.19. The Kier molecular flexibility index (Phi) is 2.22. The van der Waals surface area contributed by atoms with Gasteiger partial charge in [0, 0.05) is 44.9 Å². The van der Waals surface area contributed by atoms with Crippen molar-refractivity contribution in [1.82, 2.24) is 18.7 Å². The first-order valence-electron chi connectivity index (χ1n) is 4.45. The van der Waals surface area contributed by atoms with Crippen molar-refractivity contribution in [3.63, 3.8) is 0 Å². The van der Waals surface area contributed by atoms with Crippen LogP contribution in [0.2, 0.25) is 0 Å². The van der Waals surface area contributed by atoms with E-state index in [-0.39, 0.29) is 5.69 Å². The van der Waals surface area contributed by atoms with Gasteiger partial charge in [0.25, 0.3) is 0 Å². The molecule has 5 nitrogen and oxygen atoms in total. The van der Waals surface area contributed by atoms with Crippen LogP contribution in [0.5, 0.6) is 0 Å². The fraction of sp³-hybridized carbons (Fsp3) is 0.333. The average molecular weight is 192 g/mol. The van der Waals surface area contributed by atoms with Crippen molar-refractivity contribution in [3.05, 3.63) is 41.6 Å². The van der Waals surface area contributed by atoms with Gasteiger partial charge in [-0.2, -0.15) is 0 Å². The molecule has 0 aromatic carbocycles. The van der Waals surface area contributed by atoms with Crippen molar-refractivity contribution in [2.75, 3.05) is 0 Å². The van der Waals surface area contributed by atoms with Gasteiger partial charge in [0.05, 0.1) is 6.33 Å². The third kappa shape index (κ3) is 1.61. The number of nitrogens with zero attached hydrogens (tertiary/aromatic N) is 4. The SMILES string of the molecule is Cn1ccn(CCn2ccnc2)c1=O. The lowest BCUT2D eigenvalue weighted by atomic mass is 10.6. The van der Waals surface area contributed by atoms with Gasteiger partial charge < -0.3 is 9.13 Å². The van der Waals surface area contributed by atoms with Gasteiger partial charge in [0.2, 0.25) is 0 Å². The number of imidazole rings is 2. The predicted molar refractivity (Wildman–Crippen MR) is 51.9 cm³/mol. The van der Waals surface area contributed by atoms with Crippen LogP contribution in [0, 0.1) is 0 Å². The summed E-state index contributed by atoms with van der Waals surface area (Å²) in [5, 5.41) is 0. The van der Waals surface area contributed by atoms with Crippen LogP contribution in [0.4, 0.5) is 0 Å². The van der Waals surface area contributed by atoms with Gasteiger partial charge in [0.1, 0.15) is 0 Å². The van der Waals surface area contributed by atoms with E-state index in [0.717, 1.165) is 6.54 Å². The minimum Gasteiger partial charge on any atom is -0.336 e. The van der Waals surface area contributed by atoms with Crippen LogP contribution in [0.15, 0.2) is 35.9 Å². The van der Waals surface area contributed by atoms with E-state index in [2.05, 4.69) is 4.98 Å². The monoisotopic (exact) mass is 192 g/mol. The number of aryl methyl sites for hydroxylation is 3. The molecule has 0 amide bonds. The Balaban J connectivity index is 2.06. The van der Waals surface area contributed by atoms with E-state index in [4.69, 9.17) is 0 Å². The predicted octanol–water partition coefficient (Wildman–Crippen LogP) is 0.0835. The molecule has 0 N–H and O–H groups in total. The van der Waals surface area contributed by atoms with Gasteiger partial charge in [-0.15, -0.1) is 0 Å². The topological polar surface area (TPSA) is 44.8 Å². The van der Waals surface area contributed by atoms with Gasteiger partial charge in [-0.25, -0.2) is 9.78 Å². The fourth-order valence-corrected chi connectivity index (χ4v) is 1.32. The largest absolute Gasteiger partial charge is 0.336 e. The normalized spacial score (nSPS) is 10.6.